The molecular weight excluding hydrogens is 230 g/mol. The molecule has 1 rings (SSSR count). The molecule has 0 saturated carbocycles. The van der Waals surface area contributed by atoms with Crippen molar-refractivity contribution in [1.29, 1.82) is 0 Å². The molecule has 0 radical (unpaired) electrons. The van der Waals surface area contributed by atoms with E-state index in [-0.39, 0.29) is 0 Å². The van der Waals surface area contributed by atoms with Gasteiger partial charge in [-0.3, -0.25) is 4.68 Å². The Bertz CT molecular complexity index is 291. The van der Waals surface area contributed by atoms with Crippen LogP contribution in [0.4, 0.5) is 0 Å². The van der Waals surface area contributed by atoms with Crippen LogP contribution in [-0.2, 0) is 13.5 Å². The second-order valence-corrected chi connectivity index (χ2v) is 4.26. The Morgan fingerprint density at radius 1 is 1.54 bits per heavy atom. The van der Waals surface area contributed by atoms with Crippen molar-refractivity contribution in [1.82, 2.24) is 9.78 Å². The minimum absolute atomic E-state index is 0.485. The van der Waals surface area contributed by atoms with Gasteiger partial charge in [-0.1, -0.05) is 13.8 Å². The van der Waals surface area contributed by atoms with Crippen LogP contribution in [0.3, 0.4) is 0 Å². The van der Waals surface area contributed by atoms with Crippen LogP contribution >= 0.6 is 15.9 Å². The first-order valence-corrected chi connectivity index (χ1v) is 5.28. The molecule has 0 bridgehead atoms. The Balaban J connectivity index is 3.07. The normalized spacial score (nSPS) is 11.2. The third kappa shape index (κ3) is 2.11. The van der Waals surface area contributed by atoms with Crippen LogP contribution in [0.15, 0.2) is 4.47 Å². The van der Waals surface area contributed by atoms with Gasteiger partial charge in [-0.25, -0.2) is 0 Å². The molecule has 0 fully saturated rings. The van der Waals surface area contributed by atoms with Crippen molar-refractivity contribution in [3.63, 3.8) is 0 Å². The molecule has 0 atom stereocenters. The molecule has 0 spiro atoms. The van der Waals surface area contributed by atoms with Gasteiger partial charge in [0.05, 0.1) is 15.9 Å². The Morgan fingerprint density at radius 3 is 2.54 bits per heavy atom. The first kappa shape index (κ1) is 10.7. The van der Waals surface area contributed by atoms with E-state index >= 15 is 0 Å². The fourth-order valence-corrected chi connectivity index (χ4v) is 2.48. The summed E-state index contributed by atoms with van der Waals surface area (Å²) in [4.78, 5) is 0. The summed E-state index contributed by atoms with van der Waals surface area (Å²) in [6, 6.07) is 0. The maximum Gasteiger partial charge on any atom is 0.0782 e. The first-order chi connectivity index (χ1) is 6.07. The number of aryl methyl sites for hydroxylation is 1. The van der Waals surface area contributed by atoms with Crippen molar-refractivity contribution in [2.45, 2.75) is 26.2 Å². The number of rotatable bonds is 3. The third-order valence-electron chi connectivity index (χ3n) is 2.03. The van der Waals surface area contributed by atoms with E-state index in [0.717, 1.165) is 16.6 Å². The zero-order valence-electron chi connectivity index (χ0n) is 8.34. The van der Waals surface area contributed by atoms with Crippen molar-refractivity contribution in [3.05, 3.63) is 15.9 Å². The lowest BCUT2D eigenvalue weighted by Gasteiger charge is -2.05. The summed E-state index contributed by atoms with van der Waals surface area (Å²) in [5.41, 5.74) is 7.80. The zero-order chi connectivity index (χ0) is 10.0. The summed E-state index contributed by atoms with van der Waals surface area (Å²) in [6.07, 6.45) is 0.834. The van der Waals surface area contributed by atoms with Gasteiger partial charge < -0.3 is 5.73 Å². The molecule has 0 aliphatic rings. The number of hydrogen-bond acceptors (Lipinski definition) is 2. The van der Waals surface area contributed by atoms with Gasteiger partial charge >= 0.3 is 0 Å². The molecule has 1 aromatic heterocycles. The minimum atomic E-state index is 0.485. The van der Waals surface area contributed by atoms with Crippen LogP contribution in [0.25, 0.3) is 0 Å². The second kappa shape index (κ2) is 4.24. The molecule has 1 heterocycles. The molecule has 0 aliphatic carbocycles. The highest BCUT2D eigenvalue weighted by atomic mass is 79.9. The molecule has 2 N–H and O–H groups in total. The average molecular weight is 246 g/mol. The van der Waals surface area contributed by atoms with E-state index in [2.05, 4.69) is 34.9 Å². The van der Waals surface area contributed by atoms with E-state index in [4.69, 9.17) is 5.73 Å². The summed E-state index contributed by atoms with van der Waals surface area (Å²) >= 11 is 3.56. The van der Waals surface area contributed by atoms with Crippen LogP contribution < -0.4 is 5.73 Å². The molecule has 0 aliphatic heterocycles. The van der Waals surface area contributed by atoms with Crippen molar-refractivity contribution in [2.24, 2.45) is 12.8 Å². The number of nitrogens with zero attached hydrogens (tertiary/aromatic N) is 2. The molecule has 0 saturated heterocycles. The Labute approximate surface area is 87.4 Å². The van der Waals surface area contributed by atoms with Crippen LogP contribution in [0.1, 0.15) is 31.2 Å². The van der Waals surface area contributed by atoms with Gasteiger partial charge in [-0.05, 0) is 28.4 Å². The number of nitrogens with two attached hydrogens (primary N) is 1. The zero-order valence-corrected chi connectivity index (χ0v) is 9.93. The monoisotopic (exact) mass is 245 g/mol. The number of aromatic nitrogens is 2. The topological polar surface area (TPSA) is 43.8 Å². The van der Waals surface area contributed by atoms with Gasteiger partial charge in [0.15, 0.2) is 0 Å². The van der Waals surface area contributed by atoms with Crippen molar-refractivity contribution >= 4 is 15.9 Å². The van der Waals surface area contributed by atoms with E-state index in [1.54, 1.807) is 0 Å². The van der Waals surface area contributed by atoms with E-state index in [0.29, 0.717) is 12.5 Å². The van der Waals surface area contributed by atoms with Crippen LogP contribution in [0.2, 0.25) is 0 Å². The third-order valence-corrected chi connectivity index (χ3v) is 2.89. The van der Waals surface area contributed by atoms with E-state index in [1.807, 2.05) is 11.7 Å². The SMILES string of the molecule is CC(C)c1c(Br)c(CCN)nn1C. The fraction of sp³-hybridized carbons (Fsp3) is 0.667. The predicted molar refractivity (Wildman–Crippen MR) is 57.8 cm³/mol. The van der Waals surface area contributed by atoms with Crippen LogP contribution in [0.5, 0.6) is 0 Å². The van der Waals surface area contributed by atoms with E-state index < -0.39 is 0 Å². The molecule has 13 heavy (non-hydrogen) atoms. The van der Waals surface area contributed by atoms with Gasteiger partial charge in [-0.15, -0.1) is 0 Å². The Kier molecular flexibility index (Phi) is 3.50. The highest BCUT2D eigenvalue weighted by Crippen LogP contribution is 2.27. The van der Waals surface area contributed by atoms with Crippen molar-refractivity contribution < 1.29 is 0 Å². The molecule has 3 nitrogen and oxygen atoms in total. The Hall–Kier alpha value is -0.350. The molecule has 4 heteroatoms. The van der Waals surface area contributed by atoms with Gasteiger partial charge in [-0.2, -0.15) is 5.10 Å². The quantitative estimate of drug-likeness (QED) is 0.883. The van der Waals surface area contributed by atoms with Gasteiger partial charge in [0, 0.05) is 13.5 Å². The summed E-state index contributed by atoms with van der Waals surface area (Å²) in [6.45, 7) is 4.97. The highest BCUT2D eigenvalue weighted by Gasteiger charge is 2.15. The van der Waals surface area contributed by atoms with Crippen LogP contribution in [-0.4, -0.2) is 16.3 Å². The summed E-state index contributed by atoms with van der Waals surface area (Å²) in [7, 11) is 1.97. The lowest BCUT2D eigenvalue weighted by Crippen LogP contribution is -2.04. The average Bonchev–Trinajstić information content (AvgIpc) is 2.28. The predicted octanol–water partition coefficient (Wildman–Crippen LogP) is 1.81. The van der Waals surface area contributed by atoms with Gasteiger partial charge in [0.2, 0.25) is 0 Å². The standard InChI is InChI=1S/C9H16BrN3/c1-6(2)9-8(10)7(4-5-11)12-13(9)3/h6H,4-5,11H2,1-3H3. The Morgan fingerprint density at radius 2 is 2.15 bits per heavy atom. The summed E-state index contributed by atoms with van der Waals surface area (Å²) < 4.78 is 3.05. The van der Waals surface area contributed by atoms with Crippen LogP contribution in [0, 0.1) is 0 Å². The lowest BCUT2D eigenvalue weighted by molar-refractivity contribution is 0.660. The molecule has 74 valence electrons. The molecular formula is C9H16BrN3. The summed E-state index contributed by atoms with van der Waals surface area (Å²) in [5.74, 6) is 0.485. The van der Waals surface area contributed by atoms with Gasteiger partial charge in [0.25, 0.3) is 0 Å². The number of hydrogen-bond donors (Lipinski definition) is 1. The van der Waals surface area contributed by atoms with Crippen molar-refractivity contribution in [2.75, 3.05) is 6.54 Å². The largest absolute Gasteiger partial charge is 0.330 e. The smallest absolute Gasteiger partial charge is 0.0782 e. The second-order valence-electron chi connectivity index (χ2n) is 3.46. The van der Waals surface area contributed by atoms with Crippen molar-refractivity contribution in [3.8, 4) is 0 Å². The highest BCUT2D eigenvalue weighted by molar-refractivity contribution is 9.10. The van der Waals surface area contributed by atoms with Gasteiger partial charge in [0.1, 0.15) is 0 Å². The van der Waals surface area contributed by atoms with E-state index in [1.165, 1.54) is 5.69 Å². The lowest BCUT2D eigenvalue weighted by atomic mass is 10.1. The minimum Gasteiger partial charge on any atom is -0.330 e. The molecule has 0 aromatic carbocycles. The maximum atomic E-state index is 5.49. The molecule has 0 amide bonds. The molecule has 0 unspecified atom stereocenters. The first-order valence-electron chi connectivity index (χ1n) is 4.49. The number of halogens is 1. The van der Waals surface area contributed by atoms with E-state index in [9.17, 15) is 0 Å². The maximum absolute atomic E-state index is 5.49. The molecule has 1 aromatic rings. The fourth-order valence-electron chi connectivity index (χ4n) is 1.49. The summed E-state index contributed by atoms with van der Waals surface area (Å²) in [5, 5.41) is 4.41.